The molecular weight excluding hydrogens is 264 g/mol. The highest BCUT2D eigenvalue weighted by molar-refractivity contribution is 5.82. The van der Waals surface area contributed by atoms with E-state index in [1.807, 2.05) is 6.92 Å². The van der Waals surface area contributed by atoms with E-state index in [9.17, 15) is 0 Å². The molecule has 1 aromatic carbocycles. The van der Waals surface area contributed by atoms with Crippen molar-refractivity contribution < 1.29 is 4.42 Å². The molecule has 5 nitrogen and oxygen atoms in total. The molecule has 1 N–H and O–H groups in total. The molecule has 3 heterocycles. The highest BCUT2D eigenvalue weighted by Gasteiger charge is 2.28. The minimum Gasteiger partial charge on any atom is -0.425 e. The van der Waals surface area contributed by atoms with E-state index in [0.717, 1.165) is 31.9 Å². The zero-order chi connectivity index (χ0) is 14.2. The Balaban J connectivity index is 1.49. The quantitative estimate of drug-likeness (QED) is 0.802. The average molecular weight is 282 g/mol. The van der Waals surface area contributed by atoms with Crippen LogP contribution in [0.2, 0.25) is 0 Å². The first-order chi connectivity index (χ1) is 10.3. The molecule has 3 aromatic rings. The minimum absolute atomic E-state index is 0.372. The number of rotatable bonds is 3. The number of benzene rings is 1. The number of hydrogen-bond donors (Lipinski definition) is 1. The van der Waals surface area contributed by atoms with Gasteiger partial charge in [0.2, 0.25) is 11.8 Å². The molecule has 0 bridgehead atoms. The maximum Gasteiger partial charge on any atom is 0.220 e. The zero-order valence-electron chi connectivity index (χ0n) is 12.0. The largest absolute Gasteiger partial charge is 0.425 e. The van der Waals surface area contributed by atoms with Crippen LogP contribution in [0.1, 0.15) is 29.7 Å². The molecule has 1 atom stereocenters. The van der Waals surface area contributed by atoms with E-state index in [-0.39, 0.29) is 0 Å². The number of para-hydroxylation sites is 1. The third-order valence-corrected chi connectivity index (χ3v) is 4.23. The van der Waals surface area contributed by atoms with Crippen molar-refractivity contribution >= 4 is 10.9 Å². The average Bonchev–Trinajstić information content (AvgIpc) is 3.20. The van der Waals surface area contributed by atoms with Crippen molar-refractivity contribution in [3.63, 3.8) is 0 Å². The minimum atomic E-state index is 0.372. The summed E-state index contributed by atoms with van der Waals surface area (Å²) in [6.07, 6.45) is 3.21. The number of likely N-dealkylation sites (tertiary alicyclic amines) is 1. The van der Waals surface area contributed by atoms with Crippen LogP contribution in [0.15, 0.2) is 34.9 Å². The smallest absolute Gasteiger partial charge is 0.220 e. The van der Waals surface area contributed by atoms with E-state index in [0.29, 0.717) is 11.8 Å². The van der Waals surface area contributed by atoms with Crippen molar-refractivity contribution in [1.82, 2.24) is 20.1 Å². The highest BCUT2D eigenvalue weighted by atomic mass is 16.4. The molecule has 5 heteroatoms. The number of nitrogens with one attached hydrogen (secondary N) is 1. The normalized spacial score (nSPS) is 19.6. The Morgan fingerprint density at radius 3 is 3.10 bits per heavy atom. The maximum absolute atomic E-state index is 5.57. The van der Waals surface area contributed by atoms with Crippen LogP contribution in [0.3, 0.4) is 0 Å². The monoisotopic (exact) mass is 282 g/mol. The topological polar surface area (TPSA) is 58.0 Å². The van der Waals surface area contributed by atoms with Gasteiger partial charge in [-0.15, -0.1) is 10.2 Å². The van der Waals surface area contributed by atoms with Gasteiger partial charge in [0.15, 0.2) is 0 Å². The number of H-pyrrole nitrogens is 1. The lowest BCUT2D eigenvalue weighted by Crippen LogP contribution is -2.19. The lowest BCUT2D eigenvalue weighted by molar-refractivity contribution is 0.320. The van der Waals surface area contributed by atoms with Crippen LogP contribution in [-0.2, 0) is 6.54 Å². The molecule has 2 aromatic heterocycles. The van der Waals surface area contributed by atoms with Gasteiger partial charge in [-0.05, 0) is 24.6 Å². The second-order valence-electron chi connectivity index (χ2n) is 5.74. The number of fused-ring (bicyclic) bond motifs is 1. The molecule has 1 fully saturated rings. The van der Waals surface area contributed by atoms with Gasteiger partial charge in [0.25, 0.3) is 0 Å². The SMILES string of the molecule is Cc1nnc([C@H]2CCN(Cc3c[nH]c4ccccc34)C2)o1. The molecule has 21 heavy (non-hydrogen) atoms. The van der Waals surface area contributed by atoms with Crippen LogP contribution in [0.5, 0.6) is 0 Å². The van der Waals surface area contributed by atoms with Crippen molar-refractivity contribution in [2.75, 3.05) is 13.1 Å². The van der Waals surface area contributed by atoms with Crippen LogP contribution in [-0.4, -0.2) is 33.2 Å². The zero-order valence-corrected chi connectivity index (χ0v) is 12.0. The van der Waals surface area contributed by atoms with Gasteiger partial charge in [0, 0.05) is 37.1 Å². The van der Waals surface area contributed by atoms with Gasteiger partial charge in [-0.25, -0.2) is 0 Å². The molecule has 108 valence electrons. The summed E-state index contributed by atoms with van der Waals surface area (Å²) in [7, 11) is 0. The molecule has 0 aliphatic carbocycles. The second-order valence-corrected chi connectivity index (χ2v) is 5.74. The molecule has 1 aliphatic rings. The summed E-state index contributed by atoms with van der Waals surface area (Å²) >= 11 is 0. The van der Waals surface area contributed by atoms with E-state index in [2.05, 4.69) is 50.5 Å². The van der Waals surface area contributed by atoms with Crippen LogP contribution >= 0.6 is 0 Å². The van der Waals surface area contributed by atoms with Crippen LogP contribution < -0.4 is 0 Å². The van der Waals surface area contributed by atoms with E-state index in [1.165, 1.54) is 16.5 Å². The molecule has 1 saturated heterocycles. The predicted octanol–water partition coefficient (Wildman–Crippen LogP) is 2.85. The second kappa shape index (κ2) is 5.00. The van der Waals surface area contributed by atoms with Crippen molar-refractivity contribution in [1.29, 1.82) is 0 Å². The third kappa shape index (κ3) is 2.34. The number of aryl methyl sites for hydroxylation is 1. The molecular formula is C16H18N4O. The van der Waals surface area contributed by atoms with E-state index < -0.39 is 0 Å². The van der Waals surface area contributed by atoms with Gasteiger partial charge in [-0.1, -0.05) is 18.2 Å². The van der Waals surface area contributed by atoms with Gasteiger partial charge in [-0.3, -0.25) is 4.90 Å². The molecule has 0 unspecified atom stereocenters. The van der Waals surface area contributed by atoms with E-state index in [1.54, 1.807) is 0 Å². The van der Waals surface area contributed by atoms with Gasteiger partial charge < -0.3 is 9.40 Å². The Labute approximate surface area is 123 Å². The Kier molecular flexibility index (Phi) is 3.00. The number of aromatic nitrogens is 3. The first-order valence-corrected chi connectivity index (χ1v) is 7.37. The fourth-order valence-corrected chi connectivity index (χ4v) is 3.16. The summed E-state index contributed by atoms with van der Waals surface area (Å²) in [6.45, 7) is 4.87. The molecule has 1 aliphatic heterocycles. The van der Waals surface area contributed by atoms with Crippen molar-refractivity contribution in [3.8, 4) is 0 Å². The van der Waals surface area contributed by atoms with E-state index in [4.69, 9.17) is 4.42 Å². The third-order valence-electron chi connectivity index (χ3n) is 4.23. The molecule has 0 spiro atoms. The first kappa shape index (κ1) is 12.6. The lowest BCUT2D eigenvalue weighted by Gasteiger charge is -2.14. The lowest BCUT2D eigenvalue weighted by atomic mass is 10.1. The number of hydrogen-bond acceptors (Lipinski definition) is 4. The van der Waals surface area contributed by atoms with E-state index >= 15 is 0 Å². The van der Waals surface area contributed by atoms with Crippen LogP contribution in [0, 0.1) is 6.92 Å². The maximum atomic E-state index is 5.57. The predicted molar refractivity (Wildman–Crippen MR) is 80.0 cm³/mol. The molecule has 0 saturated carbocycles. The number of aromatic amines is 1. The highest BCUT2D eigenvalue weighted by Crippen LogP contribution is 2.28. The van der Waals surface area contributed by atoms with Crippen LogP contribution in [0.25, 0.3) is 10.9 Å². The van der Waals surface area contributed by atoms with Crippen molar-refractivity contribution in [3.05, 3.63) is 47.8 Å². The molecule has 4 rings (SSSR count). The Morgan fingerprint density at radius 1 is 1.33 bits per heavy atom. The molecule has 0 amide bonds. The summed E-state index contributed by atoms with van der Waals surface area (Å²) in [4.78, 5) is 5.80. The summed E-state index contributed by atoms with van der Waals surface area (Å²) in [5.74, 6) is 1.81. The van der Waals surface area contributed by atoms with Gasteiger partial charge >= 0.3 is 0 Å². The Morgan fingerprint density at radius 2 is 2.24 bits per heavy atom. The standard InChI is InChI=1S/C16H18N4O/c1-11-18-19-16(21-11)12-6-7-20(9-12)10-13-8-17-15-5-3-2-4-14(13)15/h2-5,8,12,17H,6-7,9-10H2,1H3/t12-/m0/s1. The van der Waals surface area contributed by atoms with Crippen LogP contribution in [0.4, 0.5) is 0 Å². The fourth-order valence-electron chi connectivity index (χ4n) is 3.16. The number of nitrogens with zero attached hydrogens (tertiary/aromatic N) is 3. The van der Waals surface area contributed by atoms with Gasteiger partial charge in [-0.2, -0.15) is 0 Å². The fraction of sp³-hybridized carbons (Fsp3) is 0.375. The first-order valence-electron chi connectivity index (χ1n) is 7.37. The Bertz CT molecular complexity index is 760. The summed E-state index contributed by atoms with van der Waals surface area (Å²) in [5, 5.41) is 9.41. The molecule has 0 radical (unpaired) electrons. The van der Waals surface area contributed by atoms with Crippen molar-refractivity contribution in [2.24, 2.45) is 0 Å². The summed E-state index contributed by atoms with van der Waals surface area (Å²) in [6, 6.07) is 8.45. The summed E-state index contributed by atoms with van der Waals surface area (Å²) < 4.78 is 5.57. The summed E-state index contributed by atoms with van der Waals surface area (Å²) in [5.41, 5.74) is 2.56. The van der Waals surface area contributed by atoms with Crippen molar-refractivity contribution in [2.45, 2.75) is 25.8 Å². The van der Waals surface area contributed by atoms with Gasteiger partial charge in [0.1, 0.15) is 0 Å². The van der Waals surface area contributed by atoms with Gasteiger partial charge in [0.05, 0.1) is 5.92 Å². The Hall–Kier alpha value is -2.14.